The van der Waals surface area contributed by atoms with Crippen LogP contribution in [0.15, 0.2) is 12.4 Å². The number of nitrogens with zero attached hydrogens (tertiary/aromatic N) is 3. The molecule has 0 radical (unpaired) electrons. The van der Waals surface area contributed by atoms with E-state index in [1.54, 1.807) is 0 Å². The Bertz CT molecular complexity index is 331. The maximum absolute atomic E-state index is 10.4. The number of aryl methyl sites for hydroxylation is 1. The molecule has 1 N–H and O–H groups in total. The molecule has 0 unspecified atom stereocenters. The first-order valence-corrected chi connectivity index (χ1v) is 6.45. The maximum atomic E-state index is 10.4. The van der Waals surface area contributed by atoms with E-state index in [1.807, 2.05) is 38.0 Å². The van der Waals surface area contributed by atoms with Crippen molar-refractivity contribution < 1.29 is 5.11 Å². The summed E-state index contributed by atoms with van der Waals surface area (Å²) in [4.78, 5) is 2.27. The first-order chi connectivity index (χ1) is 8.03. The lowest BCUT2D eigenvalue weighted by molar-refractivity contribution is -0.00422. The number of aromatic nitrogens is 2. The molecule has 0 aliphatic heterocycles. The minimum Gasteiger partial charge on any atom is -0.389 e. The normalized spacial score (nSPS) is 12.4. The van der Waals surface area contributed by atoms with Gasteiger partial charge in [-0.3, -0.25) is 9.58 Å². The van der Waals surface area contributed by atoms with Gasteiger partial charge in [-0.15, -0.1) is 0 Å². The Kier molecular flexibility index (Phi) is 5.15. The summed E-state index contributed by atoms with van der Waals surface area (Å²) < 4.78 is 1.81. The van der Waals surface area contributed by atoms with E-state index in [1.165, 1.54) is 5.56 Å². The highest BCUT2D eigenvalue weighted by Gasteiger charge is 2.25. The van der Waals surface area contributed by atoms with Crippen molar-refractivity contribution in [2.45, 2.75) is 45.8 Å². The van der Waals surface area contributed by atoms with Crippen molar-refractivity contribution >= 4 is 0 Å². The van der Waals surface area contributed by atoms with Gasteiger partial charge in [0.2, 0.25) is 0 Å². The molecule has 98 valence electrons. The summed E-state index contributed by atoms with van der Waals surface area (Å²) in [6.07, 6.45) is 5.51. The lowest BCUT2D eigenvalue weighted by atomic mass is 9.96. The topological polar surface area (TPSA) is 41.3 Å². The third kappa shape index (κ3) is 4.13. The van der Waals surface area contributed by atoms with Crippen LogP contribution in [0.2, 0.25) is 0 Å². The van der Waals surface area contributed by atoms with Crippen molar-refractivity contribution in [1.82, 2.24) is 14.7 Å². The first kappa shape index (κ1) is 14.2. The lowest BCUT2D eigenvalue weighted by Gasteiger charge is -2.32. The van der Waals surface area contributed by atoms with Crippen molar-refractivity contribution in [3.63, 3.8) is 0 Å². The zero-order valence-corrected chi connectivity index (χ0v) is 11.5. The molecular weight excluding hydrogens is 214 g/mol. The molecule has 4 heteroatoms. The highest BCUT2D eigenvalue weighted by Crippen LogP contribution is 2.17. The summed E-state index contributed by atoms with van der Waals surface area (Å²) in [5.41, 5.74) is 0.641. The molecule has 0 aliphatic rings. The average Bonchev–Trinajstić information content (AvgIpc) is 2.73. The third-order valence-electron chi connectivity index (χ3n) is 3.45. The van der Waals surface area contributed by atoms with Crippen LogP contribution in [0.5, 0.6) is 0 Å². The van der Waals surface area contributed by atoms with Crippen LogP contribution in [0.25, 0.3) is 0 Å². The van der Waals surface area contributed by atoms with Crippen LogP contribution in [-0.2, 0) is 13.6 Å². The predicted octanol–water partition coefficient (Wildman–Crippen LogP) is 1.79. The molecule has 1 heterocycles. The van der Waals surface area contributed by atoms with Crippen molar-refractivity contribution in [2.75, 3.05) is 13.1 Å². The Morgan fingerprint density at radius 1 is 1.35 bits per heavy atom. The molecule has 0 fully saturated rings. The molecule has 0 saturated carbocycles. The highest BCUT2D eigenvalue weighted by atomic mass is 16.3. The highest BCUT2D eigenvalue weighted by molar-refractivity contribution is 5.03. The smallest absolute Gasteiger partial charge is 0.0769 e. The molecule has 17 heavy (non-hydrogen) atoms. The van der Waals surface area contributed by atoms with E-state index in [4.69, 9.17) is 0 Å². The summed E-state index contributed by atoms with van der Waals surface area (Å²) in [6.45, 7) is 8.74. The molecular formula is C13H25N3O. The minimum absolute atomic E-state index is 0.557. The quantitative estimate of drug-likeness (QED) is 0.789. The van der Waals surface area contributed by atoms with Crippen molar-refractivity contribution in [1.29, 1.82) is 0 Å². The number of hydrogen-bond donors (Lipinski definition) is 1. The SMILES string of the molecule is CCN(Cc1cnn(C)c1)CC(O)(CC)CC. The Labute approximate surface area is 104 Å². The van der Waals surface area contributed by atoms with Crippen LogP contribution in [0.1, 0.15) is 39.2 Å². The Morgan fingerprint density at radius 2 is 2.00 bits per heavy atom. The molecule has 4 nitrogen and oxygen atoms in total. The van der Waals surface area contributed by atoms with E-state index in [-0.39, 0.29) is 0 Å². The van der Waals surface area contributed by atoms with Gasteiger partial charge in [-0.05, 0) is 19.4 Å². The van der Waals surface area contributed by atoms with Gasteiger partial charge in [0, 0.05) is 31.9 Å². The second kappa shape index (κ2) is 6.17. The molecule has 1 aromatic heterocycles. The van der Waals surface area contributed by atoms with Gasteiger partial charge in [0.25, 0.3) is 0 Å². The van der Waals surface area contributed by atoms with Crippen LogP contribution in [0, 0.1) is 0 Å². The van der Waals surface area contributed by atoms with Gasteiger partial charge in [0.1, 0.15) is 0 Å². The van der Waals surface area contributed by atoms with E-state index in [0.717, 1.165) is 32.5 Å². The van der Waals surface area contributed by atoms with Gasteiger partial charge in [-0.25, -0.2) is 0 Å². The Morgan fingerprint density at radius 3 is 2.41 bits per heavy atom. The van der Waals surface area contributed by atoms with Crippen molar-refractivity contribution in [2.24, 2.45) is 7.05 Å². The number of hydrogen-bond acceptors (Lipinski definition) is 3. The van der Waals surface area contributed by atoms with Crippen molar-refractivity contribution in [3.05, 3.63) is 18.0 Å². The Hall–Kier alpha value is -0.870. The number of likely N-dealkylation sites (N-methyl/N-ethyl adjacent to an activating group) is 1. The second-order valence-corrected chi connectivity index (χ2v) is 4.76. The van der Waals surface area contributed by atoms with Crippen molar-refractivity contribution in [3.8, 4) is 0 Å². The monoisotopic (exact) mass is 239 g/mol. The maximum Gasteiger partial charge on any atom is 0.0769 e. The number of rotatable bonds is 7. The van der Waals surface area contributed by atoms with Gasteiger partial charge in [0.05, 0.1) is 11.8 Å². The molecule has 0 spiro atoms. The fourth-order valence-electron chi connectivity index (χ4n) is 1.98. The second-order valence-electron chi connectivity index (χ2n) is 4.76. The van der Waals surface area contributed by atoms with Gasteiger partial charge in [-0.1, -0.05) is 20.8 Å². The van der Waals surface area contributed by atoms with E-state index in [0.29, 0.717) is 0 Å². The standard InChI is InChI=1S/C13H25N3O/c1-5-13(17,6-2)11-16(7-3)10-12-8-14-15(4)9-12/h8-9,17H,5-7,10-11H2,1-4H3. The fourth-order valence-corrected chi connectivity index (χ4v) is 1.98. The summed E-state index contributed by atoms with van der Waals surface area (Å²) in [5.74, 6) is 0. The van der Waals surface area contributed by atoms with Gasteiger partial charge >= 0.3 is 0 Å². The van der Waals surface area contributed by atoms with E-state index >= 15 is 0 Å². The summed E-state index contributed by atoms with van der Waals surface area (Å²) in [5, 5.41) is 14.5. The van der Waals surface area contributed by atoms with E-state index in [2.05, 4.69) is 16.9 Å². The van der Waals surface area contributed by atoms with E-state index < -0.39 is 5.60 Å². The molecule has 0 amide bonds. The minimum atomic E-state index is -0.557. The largest absolute Gasteiger partial charge is 0.389 e. The molecule has 1 aromatic rings. The molecule has 0 atom stereocenters. The predicted molar refractivity (Wildman–Crippen MR) is 69.7 cm³/mol. The van der Waals surface area contributed by atoms with Gasteiger partial charge in [0.15, 0.2) is 0 Å². The fraction of sp³-hybridized carbons (Fsp3) is 0.769. The van der Waals surface area contributed by atoms with Crippen LogP contribution in [0.4, 0.5) is 0 Å². The van der Waals surface area contributed by atoms with Gasteiger partial charge < -0.3 is 5.11 Å². The zero-order chi connectivity index (χ0) is 12.9. The third-order valence-corrected chi connectivity index (χ3v) is 3.45. The number of aliphatic hydroxyl groups is 1. The molecule has 0 bridgehead atoms. The molecule has 0 aliphatic carbocycles. The molecule has 0 saturated heterocycles. The average molecular weight is 239 g/mol. The van der Waals surface area contributed by atoms with Crippen LogP contribution >= 0.6 is 0 Å². The summed E-state index contributed by atoms with van der Waals surface area (Å²) in [6, 6.07) is 0. The van der Waals surface area contributed by atoms with Crippen LogP contribution in [-0.4, -0.2) is 38.5 Å². The van der Waals surface area contributed by atoms with Gasteiger partial charge in [-0.2, -0.15) is 5.10 Å². The molecule has 0 aromatic carbocycles. The van der Waals surface area contributed by atoms with Crippen LogP contribution < -0.4 is 0 Å². The Balaban J connectivity index is 2.60. The zero-order valence-electron chi connectivity index (χ0n) is 11.5. The lowest BCUT2D eigenvalue weighted by Crippen LogP contribution is -2.41. The molecule has 1 rings (SSSR count). The van der Waals surface area contributed by atoms with Crippen LogP contribution in [0.3, 0.4) is 0 Å². The first-order valence-electron chi connectivity index (χ1n) is 6.45. The summed E-state index contributed by atoms with van der Waals surface area (Å²) in [7, 11) is 1.92. The van der Waals surface area contributed by atoms with E-state index in [9.17, 15) is 5.11 Å². The summed E-state index contributed by atoms with van der Waals surface area (Å²) >= 11 is 0.